The van der Waals surface area contributed by atoms with Crippen LogP contribution >= 0.6 is 11.8 Å². The highest BCUT2D eigenvalue weighted by Gasteiger charge is 2.09. The fourth-order valence-electron chi connectivity index (χ4n) is 1.22. The minimum atomic E-state index is -0.633. The number of nitriles is 1. The maximum Gasteiger partial charge on any atom is 0.349 e. The standard InChI is InChI=1S/C14H13NO2S/c1-3-8-17-14(16)12(10-15)9-11-4-6-13(18-2)7-5-11/h3-7,9H,1,8H2,2H3/b12-9-. The van der Waals surface area contributed by atoms with Crippen LogP contribution in [0.3, 0.4) is 0 Å². The predicted molar refractivity (Wildman–Crippen MR) is 73.0 cm³/mol. The maximum atomic E-state index is 11.5. The SMILES string of the molecule is C=CCOC(=O)/C(C#N)=C\c1ccc(SC)cc1. The molecule has 0 saturated heterocycles. The summed E-state index contributed by atoms with van der Waals surface area (Å²) in [6.07, 6.45) is 4.95. The van der Waals surface area contributed by atoms with Gasteiger partial charge in [-0.25, -0.2) is 4.79 Å². The van der Waals surface area contributed by atoms with Gasteiger partial charge in [-0.05, 0) is 30.0 Å². The lowest BCUT2D eigenvalue weighted by molar-refractivity contribution is -0.137. The van der Waals surface area contributed by atoms with Crippen LogP contribution in [0.15, 0.2) is 47.4 Å². The van der Waals surface area contributed by atoms with Gasteiger partial charge >= 0.3 is 5.97 Å². The minimum absolute atomic E-state index is 0.0197. The van der Waals surface area contributed by atoms with E-state index in [0.717, 1.165) is 10.5 Å². The molecular formula is C14H13NO2S. The smallest absolute Gasteiger partial charge is 0.349 e. The van der Waals surface area contributed by atoms with Gasteiger partial charge in [0, 0.05) is 4.90 Å². The summed E-state index contributed by atoms with van der Waals surface area (Å²) in [5.41, 5.74) is 0.772. The van der Waals surface area contributed by atoms with E-state index in [1.165, 1.54) is 12.2 Å². The lowest BCUT2D eigenvalue weighted by Gasteiger charge is -2.01. The average Bonchev–Trinajstić information content (AvgIpc) is 2.42. The molecule has 18 heavy (non-hydrogen) atoms. The Morgan fingerprint density at radius 2 is 2.17 bits per heavy atom. The van der Waals surface area contributed by atoms with Crippen molar-refractivity contribution in [2.45, 2.75) is 4.90 Å². The molecule has 92 valence electrons. The Hall–Kier alpha value is -1.99. The Morgan fingerprint density at radius 3 is 2.67 bits per heavy atom. The van der Waals surface area contributed by atoms with Crippen LogP contribution in [0.2, 0.25) is 0 Å². The molecule has 0 N–H and O–H groups in total. The summed E-state index contributed by atoms with van der Waals surface area (Å²) >= 11 is 1.63. The van der Waals surface area contributed by atoms with Crippen LogP contribution in [0.4, 0.5) is 0 Å². The number of hydrogen-bond donors (Lipinski definition) is 0. The third-order valence-corrected chi connectivity index (χ3v) is 2.84. The van der Waals surface area contributed by atoms with Gasteiger partial charge < -0.3 is 4.74 Å². The predicted octanol–water partition coefficient (Wildman–Crippen LogP) is 3.04. The number of esters is 1. The Bertz CT molecular complexity index is 498. The zero-order valence-electron chi connectivity index (χ0n) is 10.1. The van der Waals surface area contributed by atoms with E-state index in [1.54, 1.807) is 11.8 Å². The van der Waals surface area contributed by atoms with Crippen LogP contribution in [0.5, 0.6) is 0 Å². The van der Waals surface area contributed by atoms with Crippen LogP contribution in [-0.2, 0) is 9.53 Å². The Labute approximate surface area is 111 Å². The summed E-state index contributed by atoms with van der Waals surface area (Å²) < 4.78 is 4.81. The molecule has 0 aliphatic rings. The first-order valence-electron chi connectivity index (χ1n) is 5.25. The number of thioether (sulfide) groups is 1. The highest BCUT2D eigenvalue weighted by atomic mass is 32.2. The lowest BCUT2D eigenvalue weighted by atomic mass is 10.1. The number of rotatable bonds is 5. The molecule has 1 rings (SSSR count). The molecule has 0 radical (unpaired) electrons. The number of carbonyl (C=O) groups excluding carboxylic acids is 1. The largest absolute Gasteiger partial charge is 0.457 e. The molecule has 0 fully saturated rings. The van der Waals surface area contributed by atoms with Crippen molar-refractivity contribution in [3.63, 3.8) is 0 Å². The summed E-state index contributed by atoms with van der Waals surface area (Å²) in [6.45, 7) is 3.54. The molecule has 4 heteroatoms. The molecule has 0 heterocycles. The van der Waals surface area contributed by atoms with Crippen molar-refractivity contribution >= 4 is 23.8 Å². The van der Waals surface area contributed by atoms with Crippen molar-refractivity contribution in [3.05, 3.63) is 48.1 Å². The van der Waals surface area contributed by atoms with Gasteiger partial charge in [0.15, 0.2) is 0 Å². The van der Waals surface area contributed by atoms with Gasteiger partial charge in [0.2, 0.25) is 0 Å². The fourth-order valence-corrected chi connectivity index (χ4v) is 1.62. The second kappa shape index (κ2) is 7.36. The number of benzene rings is 1. The summed E-state index contributed by atoms with van der Waals surface area (Å²) in [5, 5.41) is 8.91. The molecule has 0 aliphatic carbocycles. The van der Waals surface area contributed by atoms with E-state index in [4.69, 9.17) is 10.00 Å². The molecule has 0 saturated carbocycles. The highest BCUT2D eigenvalue weighted by molar-refractivity contribution is 7.98. The molecule has 0 atom stereocenters. The van der Waals surface area contributed by atoms with Crippen LogP contribution in [0, 0.1) is 11.3 Å². The lowest BCUT2D eigenvalue weighted by Crippen LogP contribution is -2.06. The Balaban J connectivity index is 2.86. The van der Waals surface area contributed by atoms with Gasteiger partial charge in [0.05, 0.1) is 0 Å². The van der Waals surface area contributed by atoms with Crippen molar-refractivity contribution in [1.29, 1.82) is 5.26 Å². The van der Waals surface area contributed by atoms with Crippen molar-refractivity contribution < 1.29 is 9.53 Å². The fraction of sp³-hybridized carbons (Fsp3) is 0.143. The van der Waals surface area contributed by atoms with Gasteiger partial charge in [-0.3, -0.25) is 0 Å². The second-order valence-corrected chi connectivity index (χ2v) is 4.21. The molecule has 0 spiro atoms. The maximum absolute atomic E-state index is 11.5. The van der Waals surface area contributed by atoms with Crippen molar-refractivity contribution in [1.82, 2.24) is 0 Å². The van der Waals surface area contributed by atoms with Crippen LogP contribution in [0.25, 0.3) is 6.08 Å². The number of ether oxygens (including phenoxy) is 1. The van der Waals surface area contributed by atoms with Crippen LogP contribution < -0.4 is 0 Å². The summed E-state index contributed by atoms with van der Waals surface area (Å²) in [7, 11) is 0. The van der Waals surface area contributed by atoms with E-state index in [9.17, 15) is 4.79 Å². The van der Waals surface area contributed by atoms with Crippen molar-refractivity contribution in [2.24, 2.45) is 0 Å². The Kier molecular flexibility index (Phi) is 5.75. The van der Waals surface area contributed by atoms with Crippen molar-refractivity contribution in [3.8, 4) is 6.07 Å². The molecule has 0 bridgehead atoms. The third-order valence-electron chi connectivity index (χ3n) is 2.10. The summed E-state index contributed by atoms with van der Waals surface area (Å²) in [5.74, 6) is -0.633. The van der Waals surface area contributed by atoms with Crippen LogP contribution in [0.1, 0.15) is 5.56 Å². The topological polar surface area (TPSA) is 50.1 Å². The molecule has 1 aromatic carbocycles. The molecular weight excluding hydrogens is 246 g/mol. The zero-order valence-corrected chi connectivity index (χ0v) is 10.9. The van der Waals surface area contributed by atoms with Gasteiger partial charge in [-0.15, -0.1) is 11.8 Å². The first-order valence-corrected chi connectivity index (χ1v) is 6.47. The molecule has 1 aromatic rings. The molecule has 3 nitrogen and oxygen atoms in total. The molecule has 0 aromatic heterocycles. The van der Waals surface area contributed by atoms with Gasteiger partial charge in [-0.2, -0.15) is 5.26 Å². The van der Waals surface area contributed by atoms with E-state index in [0.29, 0.717) is 0 Å². The second-order valence-electron chi connectivity index (χ2n) is 3.33. The number of nitrogens with zero attached hydrogens (tertiary/aromatic N) is 1. The number of carbonyl (C=O) groups is 1. The number of hydrogen-bond acceptors (Lipinski definition) is 4. The monoisotopic (exact) mass is 259 g/mol. The third kappa shape index (κ3) is 4.11. The first-order chi connectivity index (χ1) is 8.71. The quantitative estimate of drug-likeness (QED) is 0.268. The minimum Gasteiger partial charge on any atom is -0.457 e. The van der Waals surface area contributed by atoms with Crippen LogP contribution in [-0.4, -0.2) is 18.8 Å². The molecule has 0 unspecified atom stereocenters. The van der Waals surface area contributed by atoms with Gasteiger partial charge in [0.25, 0.3) is 0 Å². The molecule has 0 aliphatic heterocycles. The van der Waals surface area contributed by atoms with Crippen molar-refractivity contribution in [2.75, 3.05) is 12.9 Å². The first kappa shape index (κ1) is 14.1. The summed E-state index contributed by atoms with van der Waals surface area (Å²) in [6, 6.07) is 9.40. The molecule has 0 amide bonds. The normalized spacial score (nSPS) is 10.6. The van der Waals surface area contributed by atoms with E-state index >= 15 is 0 Å². The van der Waals surface area contributed by atoms with E-state index < -0.39 is 5.97 Å². The van der Waals surface area contributed by atoms with E-state index in [1.807, 2.05) is 36.6 Å². The highest BCUT2D eigenvalue weighted by Crippen LogP contribution is 2.16. The van der Waals surface area contributed by atoms with E-state index in [-0.39, 0.29) is 12.2 Å². The van der Waals surface area contributed by atoms with Gasteiger partial charge in [-0.1, -0.05) is 24.8 Å². The summed E-state index contributed by atoms with van der Waals surface area (Å²) in [4.78, 5) is 12.6. The Morgan fingerprint density at radius 1 is 1.50 bits per heavy atom. The zero-order chi connectivity index (χ0) is 13.4. The van der Waals surface area contributed by atoms with E-state index in [2.05, 4.69) is 6.58 Å². The average molecular weight is 259 g/mol. The van der Waals surface area contributed by atoms with Gasteiger partial charge in [0.1, 0.15) is 18.2 Å².